The Morgan fingerprint density at radius 1 is 1.08 bits per heavy atom. The molecule has 0 saturated carbocycles. The van der Waals surface area contributed by atoms with E-state index in [0.29, 0.717) is 23.5 Å². The van der Waals surface area contributed by atoms with Gasteiger partial charge in [0.25, 0.3) is 0 Å². The molecule has 0 aliphatic rings. The second kappa shape index (κ2) is 8.54. The zero-order chi connectivity index (χ0) is 17.4. The van der Waals surface area contributed by atoms with E-state index in [1.165, 1.54) is 0 Å². The fourth-order valence-electron chi connectivity index (χ4n) is 1.97. The predicted molar refractivity (Wildman–Crippen MR) is 92.7 cm³/mol. The topological polar surface area (TPSA) is 59.3 Å². The summed E-state index contributed by atoms with van der Waals surface area (Å²) < 4.78 is 10.8. The first kappa shape index (κ1) is 17.3. The largest absolute Gasteiger partial charge is 0.494 e. The molecule has 0 aromatic heterocycles. The van der Waals surface area contributed by atoms with Crippen LogP contribution < -0.4 is 9.47 Å². The van der Waals surface area contributed by atoms with Crippen molar-refractivity contribution in [2.75, 3.05) is 6.61 Å². The third-order valence-corrected chi connectivity index (χ3v) is 3.25. The number of rotatable bonds is 6. The summed E-state index contributed by atoms with van der Waals surface area (Å²) in [6.45, 7) is 4.44. The van der Waals surface area contributed by atoms with Crippen LogP contribution in [-0.4, -0.2) is 12.6 Å². The maximum atomic E-state index is 12.1. The molecule has 0 amide bonds. The second-order valence-electron chi connectivity index (χ2n) is 5.27. The Labute approximate surface area is 141 Å². The van der Waals surface area contributed by atoms with Crippen LogP contribution in [0.4, 0.5) is 0 Å². The SMILES string of the molecule is CCCOc1ccc(/C=C(\C)C(=O)Oc2ccc(C#N)cc2)cc1. The second-order valence-corrected chi connectivity index (χ2v) is 5.27. The normalized spacial score (nSPS) is 10.8. The molecular weight excluding hydrogens is 302 g/mol. The molecule has 0 radical (unpaired) electrons. The Morgan fingerprint density at radius 3 is 2.29 bits per heavy atom. The van der Waals surface area contributed by atoms with Crippen LogP contribution >= 0.6 is 0 Å². The highest BCUT2D eigenvalue weighted by atomic mass is 16.5. The first-order chi connectivity index (χ1) is 11.6. The van der Waals surface area contributed by atoms with E-state index in [1.807, 2.05) is 30.3 Å². The van der Waals surface area contributed by atoms with E-state index in [2.05, 4.69) is 6.92 Å². The van der Waals surface area contributed by atoms with Gasteiger partial charge in [0.15, 0.2) is 0 Å². The number of hydrogen-bond donors (Lipinski definition) is 0. The molecule has 0 heterocycles. The summed E-state index contributed by atoms with van der Waals surface area (Å²) in [5.74, 6) is 0.799. The number of hydrogen-bond acceptors (Lipinski definition) is 4. The molecule has 0 atom stereocenters. The Hall–Kier alpha value is -3.06. The van der Waals surface area contributed by atoms with Gasteiger partial charge in [-0.3, -0.25) is 0 Å². The molecule has 4 heteroatoms. The molecule has 2 aromatic carbocycles. The molecular formula is C20H19NO3. The van der Waals surface area contributed by atoms with Crippen molar-refractivity contribution in [1.29, 1.82) is 5.26 Å². The van der Waals surface area contributed by atoms with Gasteiger partial charge in [0.05, 0.1) is 18.2 Å². The third-order valence-electron chi connectivity index (χ3n) is 3.25. The smallest absolute Gasteiger partial charge is 0.339 e. The van der Waals surface area contributed by atoms with Crippen molar-refractivity contribution in [3.63, 3.8) is 0 Å². The number of esters is 1. The number of carbonyl (C=O) groups is 1. The fourth-order valence-corrected chi connectivity index (χ4v) is 1.97. The zero-order valence-electron chi connectivity index (χ0n) is 13.8. The lowest BCUT2D eigenvalue weighted by Crippen LogP contribution is -2.09. The molecule has 4 nitrogen and oxygen atoms in total. The molecule has 122 valence electrons. The van der Waals surface area contributed by atoms with Crippen molar-refractivity contribution in [3.8, 4) is 17.6 Å². The molecule has 0 fully saturated rings. The summed E-state index contributed by atoms with van der Waals surface area (Å²) in [4.78, 5) is 12.1. The molecule has 0 unspecified atom stereocenters. The lowest BCUT2D eigenvalue weighted by atomic mass is 10.1. The van der Waals surface area contributed by atoms with Crippen molar-refractivity contribution in [1.82, 2.24) is 0 Å². The average Bonchev–Trinajstić information content (AvgIpc) is 2.61. The van der Waals surface area contributed by atoms with E-state index in [4.69, 9.17) is 14.7 Å². The van der Waals surface area contributed by atoms with Crippen LogP contribution in [0.1, 0.15) is 31.4 Å². The minimum absolute atomic E-state index is 0.412. The Kier molecular flexibility index (Phi) is 6.16. The molecule has 0 bridgehead atoms. The van der Waals surface area contributed by atoms with Gasteiger partial charge in [-0.2, -0.15) is 5.26 Å². The maximum absolute atomic E-state index is 12.1. The van der Waals surface area contributed by atoms with Gasteiger partial charge in [-0.05, 0) is 61.4 Å². The summed E-state index contributed by atoms with van der Waals surface area (Å²) in [6, 6.07) is 16.0. The van der Waals surface area contributed by atoms with Crippen molar-refractivity contribution in [2.24, 2.45) is 0 Å². The quantitative estimate of drug-likeness (QED) is 0.451. The van der Waals surface area contributed by atoms with Gasteiger partial charge in [0.1, 0.15) is 11.5 Å². The summed E-state index contributed by atoms with van der Waals surface area (Å²) in [7, 11) is 0. The summed E-state index contributed by atoms with van der Waals surface area (Å²) in [5, 5.41) is 8.75. The highest BCUT2D eigenvalue weighted by Crippen LogP contribution is 2.17. The van der Waals surface area contributed by atoms with E-state index in [1.54, 1.807) is 37.3 Å². The standard InChI is InChI=1S/C20H19NO3/c1-3-12-23-18-8-4-16(5-9-18)13-15(2)20(22)24-19-10-6-17(14-21)7-11-19/h4-11,13H,3,12H2,1-2H3/b15-13+. The molecule has 0 saturated heterocycles. The molecule has 2 rings (SSSR count). The van der Waals surface area contributed by atoms with Gasteiger partial charge in [0.2, 0.25) is 0 Å². The highest BCUT2D eigenvalue weighted by molar-refractivity contribution is 5.94. The minimum Gasteiger partial charge on any atom is -0.494 e. The van der Waals surface area contributed by atoms with Gasteiger partial charge in [-0.25, -0.2) is 4.79 Å². The molecule has 2 aromatic rings. The highest BCUT2D eigenvalue weighted by Gasteiger charge is 2.08. The first-order valence-electron chi connectivity index (χ1n) is 7.76. The van der Waals surface area contributed by atoms with E-state index < -0.39 is 5.97 Å². The van der Waals surface area contributed by atoms with E-state index in [-0.39, 0.29) is 0 Å². The molecule has 0 N–H and O–H groups in total. The van der Waals surface area contributed by atoms with Crippen LogP contribution in [0.15, 0.2) is 54.1 Å². The fraction of sp³-hybridized carbons (Fsp3) is 0.200. The molecule has 0 aliphatic carbocycles. The maximum Gasteiger partial charge on any atom is 0.339 e. The number of carbonyl (C=O) groups excluding carboxylic acids is 1. The van der Waals surface area contributed by atoms with Gasteiger partial charge < -0.3 is 9.47 Å². The molecule has 0 aliphatic heterocycles. The monoisotopic (exact) mass is 321 g/mol. The van der Waals surface area contributed by atoms with Crippen molar-refractivity contribution >= 4 is 12.0 Å². The average molecular weight is 321 g/mol. The van der Waals surface area contributed by atoms with Crippen LogP contribution in [0.25, 0.3) is 6.08 Å². The number of nitrogens with zero attached hydrogens (tertiary/aromatic N) is 1. The van der Waals surface area contributed by atoms with Crippen molar-refractivity contribution < 1.29 is 14.3 Å². The zero-order valence-corrected chi connectivity index (χ0v) is 13.8. The van der Waals surface area contributed by atoms with Gasteiger partial charge in [-0.1, -0.05) is 19.1 Å². The van der Waals surface area contributed by atoms with Crippen LogP contribution in [-0.2, 0) is 4.79 Å². The number of ether oxygens (including phenoxy) is 2. The van der Waals surface area contributed by atoms with Crippen LogP contribution in [0.2, 0.25) is 0 Å². The van der Waals surface area contributed by atoms with Crippen LogP contribution in [0, 0.1) is 11.3 Å². The lowest BCUT2D eigenvalue weighted by molar-refractivity contribution is -0.130. The van der Waals surface area contributed by atoms with Crippen molar-refractivity contribution in [3.05, 3.63) is 65.2 Å². The summed E-state index contributed by atoms with van der Waals surface area (Å²) in [5.41, 5.74) is 1.90. The van der Waals surface area contributed by atoms with Crippen LogP contribution in [0.5, 0.6) is 11.5 Å². The third kappa shape index (κ3) is 4.99. The van der Waals surface area contributed by atoms with Crippen LogP contribution in [0.3, 0.4) is 0 Å². The van der Waals surface area contributed by atoms with Crippen molar-refractivity contribution in [2.45, 2.75) is 20.3 Å². The van der Waals surface area contributed by atoms with E-state index in [9.17, 15) is 4.79 Å². The van der Waals surface area contributed by atoms with E-state index >= 15 is 0 Å². The summed E-state index contributed by atoms with van der Waals surface area (Å²) in [6.07, 6.45) is 2.72. The predicted octanol–water partition coefficient (Wildman–Crippen LogP) is 4.36. The number of benzene rings is 2. The van der Waals surface area contributed by atoms with Gasteiger partial charge in [-0.15, -0.1) is 0 Å². The summed E-state index contributed by atoms with van der Waals surface area (Å²) >= 11 is 0. The van der Waals surface area contributed by atoms with E-state index in [0.717, 1.165) is 17.7 Å². The Bertz CT molecular complexity index is 753. The molecule has 0 spiro atoms. The first-order valence-corrected chi connectivity index (χ1v) is 7.76. The Morgan fingerprint density at radius 2 is 1.71 bits per heavy atom. The minimum atomic E-state index is -0.425. The number of nitriles is 1. The Balaban J connectivity index is 2.00. The van der Waals surface area contributed by atoms with Gasteiger partial charge in [0, 0.05) is 5.57 Å². The lowest BCUT2D eigenvalue weighted by Gasteiger charge is -2.06. The molecule has 24 heavy (non-hydrogen) atoms. The van der Waals surface area contributed by atoms with Gasteiger partial charge >= 0.3 is 5.97 Å².